The van der Waals surface area contributed by atoms with Crippen molar-refractivity contribution < 1.29 is 19.1 Å². The number of carbonyl (C=O) groups is 3. The lowest BCUT2D eigenvalue weighted by molar-refractivity contribution is -0.138. The summed E-state index contributed by atoms with van der Waals surface area (Å²) in [6.45, 7) is 1.75. The van der Waals surface area contributed by atoms with Crippen molar-refractivity contribution in [2.45, 2.75) is 38.5 Å². The molecule has 5 heteroatoms. The Labute approximate surface area is 113 Å². The maximum Gasteiger partial charge on any atom is 0.330 e. The minimum Gasteiger partial charge on any atom is -0.462 e. The fraction of sp³-hybridized carbons (Fsp3) is 0.643. The summed E-state index contributed by atoms with van der Waals surface area (Å²) < 4.78 is 4.97. The Morgan fingerprint density at radius 2 is 2.16 bits per heavy atom. The maximum absolute atomic E-state index is 11.7. The van der Waals surface area contributed by atoms with Crippen molar-refractivity contribution in [1.82, 2.24) is 4.90 Å². The summed E-state index contributed by atoms with van der Waals surface area (Å²) in [5.74, 6) is -0.237. The average Bonchev–Trinajstić information content (AvgIpc) is 2.60. The molecule has 0 N–H and O–H groups in total. The van der Waals surface area contributed by atoms with E-state index in [2.05, 4.69) is 0 Å². The first-order valence-electron chi connectivity index (χ1n) is 6.78. The summed E-state index contributed by atoms with van der Waals surface area (Å²) in [5, 5.41) is 0. The lowest BCUT2D eigenvalue weighted by atomic mass is 10.2. The van der Waals surface area contributed by atoms with E-state index in [1.807, 2.05) is 4.90 Å². The maximum atomic E-state index is 11.7. The zero-order valence-corrected chi connectivity index (χ0v) is 11.2. The third-order valence-electron chi connectivity index (χ3n) is 2.97. The van der Waals surface area contributed by atoms with E-state index in [1.165, 1.54) is 12.2 Å². The molecule has 0 aliphatic carbocycles. The number of hydrogen-bond donors (Lipinski definition) is 0. The number of hydrogen-bond acceptors (Lipinski definition) is 4. The molecule has 1 heterocycles. The van der Waals surface area contributed by atoms with Gasteiger partial charge >= 0.3 is 5.97 Å². The van der Waals surface area contributed by atoms with Gasteiger partial charge in [0.2, 0.25) is 5.91 Å². The average molecular weight is 267 g/mol. The lowest BCUT2D eigenvalue weighted by Gasteiger charge is -2.20. The van der Waals surface area contributed by atoms with E-state index in [0.717, 1.165) is 25.8 Å². The number of allylic oxidation sites excluding steroid dienone is 1. The molecule has 1 saturated heterocycles. The molecule has 0 saturated carbocycles. The summed E-state index contributed by atoms with van der Waals surface area (Å²) in [5.41, 5.74) is 0. The van der Waals surface area contributed by atoms with E-state index in [1.54, 1.807) is 0 Å². The van der Waals surface area contributed by atoms with Gasteiger partial charge in [-0.15, -0.1) is 0 Å². The molecule has 0 radical (unpaired) electrons. The number of carbonyl (C=O) groups excluding carboxylic acids is 3. The predicted octanol–water partition coefficient (Wildman–Crippen LogP) is 1.47. The molecule has 106 valence electrons. The van der Waals surface area contributed by atoms with Gasteiger partial charge in [-0.1, -0.05) is 12.5 Å². The van der Waals surface area contributed by atoms with Crippen LogP contribution in [0.5, 0.6) is 0 Å². The van der Waals surface area contributed by atoms with Crippen molar-refractivity contribution >= 4 is 18.2 Å². The van der Waals surface area contributed by atoms with Crippen LogP contribution in [0, 0.1) is 0 Å². The van der Waals surface area contributed by atoms with Crippen LogP contribution in [0.25, 0.3) is 0 Å². The second-order valence-corrected chi connectivity index (χ2v) is 4.52. The number of amides is 1. The SMILES string of the molecule is O=CCC=CC(=O)OCCCN1CCCCCC1=O. The molecule has 0 aromatic carbocycles. The lowest BCUT2D eigenvalue weighted by Crippen LogP contribution is -2.31. The van der Waals surface area contributed by atoms with Crippen molar-refractivity contribution in [2.24, 2.45) is 0 Å². The number of likely N-dealkylation sites (tertiary alicyclic amines) is 1. The predicted molar refractivity (Wildman–Crippen MR) is 70.4 cm³/mol. The summed E-state index contributed by atoms with van der Waals surface area (Å²) in [7, 11) is 0. The summed E-state index contributed by atoms with van der Waals surface area (Å²) in [4.78, 5) is 34.8. The summed E-state index contributed by atoms with van der Waals surface area (Å²) >= 11 is 0. The molecule has 1 aliphatic rings. The van der Waals surface area contributed by atoms with Gasteiger partial charge < -0.3 is 14.4 Å². The molecule has 0 aromatic heterocycles. The van der Waals surface area contributed by atoms with Crippen LogP contribution in [-0.4, -0.2) is 42.8 Å². The molecule has 1 amide bonds. The Morgan fingerprint density at radius 3 is 2.95 bits per heavy atom. The first-order chi connectivity index (χ1) is 9.24. The zero-order valence-electron chi connectivity index (χ0n) is 11.2. The molecule has 5 nitrogen and oxygen atoms in total. The Hall–Kier alpha value is -1.65. The van der Waals surface area contributed by atoms with Gasteiger partial charge in [-0.05, 0) is 19.3 Å². The van der Waals surface area contributed by atoms with E-state index in [-0.39, 0.29) is 12.3 Å². The van der Waals surface area contributed by atoms with Gasteiger partial charge in [-0.2, -0.15) is 0 Å². The summed E-state index contributed by atoms with van der Waals surface area (Å²) in [6.07, 6.45) is 8.09. The monoisotopic (exact) mass is 267 g/mol. The van der Waals surface area contributed by atoms with Gasteiger partial charge in [0.1, 0.15) is 6.29 Å². The van der Waals surface area contributed by atoms with E-state index in [4.69, 9.17) is 4.74 Å². The normalized spacial score (nSPS) is 16.4. The Morgan fingerprint density at radius 1 is 1.32 bits per heavy atom. The van der Waals surface area contributed by atoms with Crippen LogP contribution in [0.15, 0.2) is 12.2 Å². The second kappa shape index (κ2) is 9.30. The third-order valence-corrected chi connectivity index (χ3v) is 2.97. The van der Waals surface area contributed by atoms with Crippen LogP contribution in [-0.2, 0) is 19.1 Å². The highest BCUT2D eigenvalue weighted by Gasteiger charge is 2.15. The molecule has 0 atom stereocenters. The molecule has 1 aliphatic heterocycles. The third kappa shape index (κ3) is 6.74. The number of esters is 1. The summed E-state index contributed by atoms with van der Waals surface area (Å²) in [6, 6.07) is 0. The highest BCUT2D eigenvalue weighted by molar-refractivity contribution is 5.82. The van der Waals surface area contributed by atoms with Crippen molar-refractivity contribution in [2.75, 3.05) is 19.7 Å². The molecular formula is C14H21NO4. The van der Waals surface area contributed by atoms with Crippen molar-refractivity contribution in [3.8, 4) is 0 Å². The highest BCUT2D eigenvalue weighted by atomic mass is 16.5. The molecule has 0 bridgehead atoms. The molecular weight excluding hydrogens is 246 g/mol. The first-order valence-corrected chi connectivity index (χ1v) is 6.78. The first kappa shape index (κ1) is 15.4. The molecule has 19 heavy (non-hydrogen) atoms. The fourth-order valence-electron chi connectivity index (χ4n) is 1.97. The molecule has 0 unspecified atom stereocenters. The molecule has 0 spiro atoms. The molecule has 0 aromatic rings. The van der Waals surface area contributed by atoms with Crippen molar-refractivity contribution in [3.05, 3.63) is 12.2 Å². The highest BCUT2D eigenvalue weighted by Crippen LogP contribution is 2.11. The number of ether oxygens (including phenoxy) is 1. The smallest absolute Gasteiger partial charge is 0.330 e. The standard InChI is InChI=1S/C14H21NO4/c16-11-5-3-8-14(18)19-12-6-10-15-9-4-1-2-7-13(15)17/h3,8,11H,1-2,4-7,9-10,12H2. The zero-order chi connectivity index (χ0) is 13.9. The van der Waals surface area contributed by atoms with Gasteiger partial charge in [0.05, 0.1) is 6.61 Å². The van der Waals surface area contributed by atoms with Crippen LogP contribution >= 0.6 is 0 Å². The van der Waals surface area contributed by atoms with E-state index in [0.29, 0.717) is 32.3 Å². The largest absolute Gasteiger partial charge is 0.462 e. The number of aldehydes is 1. The quantitative estimate of drug-likeness (QED) is 0.303. The Kier molecular flexibility index (Phi) is 7.54. The van der Waals surface area contributed by atoms with Gasteiger partial charge in [0.25, 0.3) is 0 Å². The van der Waals surface area contributed by atoms with Crippen molar-refractivity contribution in [3.63, 3.8) is 0 Å². The topological polar surface area (TPSA) is 63.7 Å². The minimum absolute atomic E-state index is 0.203. The Balaban J connectivity index is 2.14. The van der Waals surface area contributed by atoms with Crippen LogP contribution in [0.4, 0.5) is 0 Å². The molecule has 1 fully saturated rings. The van der Waals surface area contributed by atoms with Crippen LogP contribution < -0.4 is 0 Å². The van der Waals surface area contributed by atoms with Crippen LogP contribution in [0.3, 0.4) is 0 Å². The van der Waals surface area contributed by atoms with Crippen LogP contribution in [0.2, 0.25) is 0 Å². The van der Waals surface area contributed by atoms with E-state index in [9.17, 15) is 14.4 Å². The second-order valence-electron chi connectivity index (χ2n) is 4.52. The van der Waals surface area contributed by atoms with Crippen molar-refractivity contribution in [1.29, 1.82) is 0 Å². The van der Waals surface area contributed by atoms with E-state index < -0.39 is 5.97 Å². The minimum atomic E-state index is -0.441. The van der Waals surface area contributed by atoms with Gasteiger partial charge in [-0.25, -0.2) is 4.79 Å². The van der Waals surface area contributed by atoms with Gasteiger partial charge in [-0.3, -0.25) is 4.79 Å². The fourth-order valence-corrected chi connectivity index (χ4v) is 1.97. The van der Waals surface area contributed by atoms with Crippen LogP contribution in [0.1, 0.15) is 38.5 Å². The van der Waals surface area contributed by atoms with E-state index >= 15 is 0 Å². The molecule has 1 rings (SSSR count). The van der Waals surface area contributed by atoms with Gasteiger partial charge in [0, 0.05) is 32.0 Å². The van der Waals surface area contributed by atoms with Gasteiger partial charge in [0.15, 0.2) is 0 Å². The number of rotatable bonds is 7. The number of nitrogens with zero attached hydrogens (tertiary/aromatic N) is 1. The Bertz CT molecular complexity index is 338.